The first-order valence-electron chi connectivity index (χ1n) is 8.00. The number of aromatic nitrogens is 1. The summed E-state index contributed by atoms with van der Waals surface area (Å²) in [4.78, 5) is 7.22. The summed E-state index contributed by atoms with van der Waals surface area (Å²) in [6.45, 7) is 8.89. The van der Waals surface area contributed by atoms with E-state index in [-0.39, 0.29) is 6.61 Å². The van der Waals surface area contributed by atoms with E-state index in [1.165, 1.54) is 25.7 Å². The highest BCUT2D eigenvalue weighted by atomic mass is 16.3. The number of rotatable bonds is 4. The van der Waals surface area contributed by atoms with Gasteiger partial charge in [0.2, 0.25) is 0 Å². The van der Waals surface area contributed by atoms with Crippen LogP contribution in [0.2, 0.25) is 0 Å². The Morgan fingerprint density at radius 1 is 1.30 bits per heavy atom. The first-order valence-corrected chi connectivity index (χ1v) is 8.00. The molecule has 112 valence electrons. The Kier molecular flexibility index (Phi) is 5.41. The number of aliphatic hydroxyl groups is 1. The van der Waals surface area contributed by atoms with Gasteiger partial charge >= 0.3 is 0 Å². The Hall–Kier alpha value is -1.09. The quantitative estimate of drug-likeness (QED) is 0.910. The van der Waals surface area contributed by atoms with Gasteiger partial charge in [0.05, 0.1) is 6.61 Å². The molecule has 3 nitrogen and oxygen atoms in total. The molecule has 1 unspecified atom stereocenters. The summed E-state index contributed by atoms with van der Waals surface area (Å²) in [5, 5.41) is 9.46. The summed E-state index contributed by atoms with van der Waals surface area (Å²) >= 11 is 0. The first-order chi connectivity index (χ1) is 9.63. The second-order valence-electron chi connectivity index (χ2n) is 6.26. The third-order valence-corrected chi connectivity index (χ3v) is 4.41. The average molecular weight is 276 g/mol. The zero-order valence-electron chi connectivity index (χ0n) is 13.1. The number of hydrogen-bond acceptors (Lipinski definition) is 3. The minimum atomic E-state index is 0.0979. The zero-order valence-corrected chi connectivity index (χ0v) is 13.1. The molecule has 0 bridgehead atoms. The molecule has 0 saturated carbocycles. The van der Waals surface area contributed by atoms with Crippen LogP contribution in [0.15, 0.2) is 12.1 Å². The maximum absolute atomic E-state index is 9.46. The summed E-state index contributed by atoms with van der Waals surface area (Å²) in [5.41, 5.74) is 2.07. The van der Waals surface area contributed by atoms with Gasteiger partial charge in [-0.1, -0.05) is 27.2 Å². The molecule has 0 aromatic carbocycles. The van der Waals surface area contributed by atoms with Crippen LogP contribution in [0.5, 0.6) is 0 Å². The summed E-state index contributed by atoms with van der Waals surface area (Å²) in [7, 11) is 0. The molecule has 0 radical (unpaired) electrons. The standard InChI is InChI=1S/C17H28N2O/c1-4-14-6-5-8-19(9-7-14)17-11-15(12-20)10-16(18-17)13(2)3/h10-11,13-14,20H,4-9,12H2,1-3H3. The van der Waals surface area contributed by atoms with Gasteiger partial charge < -0.3 is 10.0 Å². The van der Waals surface area contributed by atoms with Crippen molar-refractivity contribution in [2.75, 3.05) is 18.0 Å². The molecule has 1 aliphatic rings. The molecule has 1 aromatic heterocycles. The molecule has 2 rings (SSSR count). The highest BCUT2D eigenvalue weighted by molar-refractivity contribution is 5.43. The molecule has 3 heteroatoms. The second-order valence-corrected chi connectivity index (χ2v) is 6.26. The fourth-order valence-corrected chi connectivity index (χ4v) is 2.95. The molecule has 1 fully saturated rings. The topological polar surface area (TPSA) is 36.4 Å². The van der Waals surface area contributed by atoms with E-state index in [9.17, 15) is 5.11 Å². The van der Waals surface area contributed by atoms with Crippen LogP contribution >= 0.6 is 0 Å². The molecule has 1 aliphatic heterocycles. The lowest BCUT2D eigenvalue weighted by Crippen LogP contribution is -2.25. The smallest absolute Gasteiger partial charge is 0.129 e. The molecule has 1 atom stereocenters. The van der Waals surface area contributed by atoms with E-state index in [1.54, 1.807) is 0 Å². The number of anilines is 1. The summed E-state index contributed by atoms with van der Waals surface area (Å²) < 4.78 is 0. The number of hydrogen-bond donors (Lipinski definition) is 1. The van der Waals surface area contributed by atoms with Crippen molar-refractivity contribution < 1.29 is 5.11 Å². The van der Waals surface area contributed by atoms with Crippen LogP contribution in [0, 0.1) is 5.92 Å². The monoisotopic (exact) mass is 276 g/mol. The first kappa shape index (κ1) is 15.3. The normalized spacial score (nSPS) is 20.2. The SMILES string of the molecule is CCC1CCCN(c2cc(CO)cc(C(C)C)n2)CC1. The molecule has 1 N–H and O–H groups in total. The van der Waals surface area contributed by atoms with E-state index in [0.717, 1.165) is 36.1 Å². The van der Waals surface area contributed by atoms with Crippen molar-refractivity contribution in [3.05, 3.63) is 23.4 Å². The van der Waals surface area contributed by atoms with E-state index in [1.807, 2.05) is 6.07 Å². The van der Waals surface area contributed by atoms with E-state index in [0.29, 0.717) is 5.92 Å². The molecular formula is C17H28N2O. The van der Waals surface area contributed by atoms with Gasteiger partial charge in [0, 0.05) is 18.8 Å². The van der Waals surface area contributed by atoms with Crippen molar-refractivity contribution in [1.29, 1.82) is 0 Å². The number of pyridine rings is 1. The molecule has 1 saturated heterocycles. The minimum absolute atomic E-state index is 0.0979. The van der Waals surface area contributed by atoms with E-state index < -0.39 is 0 Å². The average Bonchev–Trinajstić information content (AvgIpc) is 2.72. The van der Waals surface area contributed by atoms with Crippen molar-refractivity contribution in [3.8, 4) is 0 Å². The lowest BCUT2D eigenvalue weighted by atomic mass is 9.98. The van der Waals surface area contributed by atoms with Crippen LogP contribution in [0.1, 0.15) is 63.6 Å². The Morgan fingerprint density at radius 3 is 2.75 bits per heavy atom. The lowest BCUT2D eigenvalue weighted by molar-refractivity contribution is 0.281. The van der Waals surface area contributed by atoms with Crippen LogP contribution in [0.25, 0.3) is 0 Å². The van der Waals surface area contributed by atoms with Gasteiger partial charge in [-0.2, -0.15) is 0 Å². The third kappa shape index (κ3) is 3.72. The molecule has 0 aliphatic carbocycles. The fraction of sp³-hybridized carbons (Fsp3) is 0.706. The maximum Gasteiger partial charge on any atom is 0.129 e. The number of aliphatic hydroxyl groups excluding tert-OH is 1. The summed E-state index contributed by atoms with van der Waals surface area (Å²) in [6.07, 6.45) is 5.14. The molecule has 1 aromatic rings. The Balaban J connectivity index is 2.20. The summed E-state index contributed by atoms with van der Waals surface area (Å²) in [5.74, 6) is 2.32. The summed E-state index contributed by atoms with van der Waals surface area (Å²) in [6, 6.07) is 4.08. The fourth-order valence-electron chi connectivity index (χ4n) is 2.95. The van der Waals surface area contributed by atoms with Crippen molar-refractivity contribution in [1.82, 2.24) is 4.98 Å². The molecular weight excluding hydrogens is 248 g/mol. The Morgan fingerprint density at radius 2 is 2.10 bits per heavy atom. The van der Waals surface area contributed by atoms with Gasteiger partial charge in [-0.05, 0) is 48.8 Å². The molecule has 0 amide bonds. The predicted molar refractivity (Wildman–Crippen MR) is 84.1 cm³/mol. The van der Waals surface area contributed by atoms with Crippen molar-refractivity contribution >= 4 is 5.82 Å². The van der Waals surface area contributed by atoms with Gasteiger partial charge in [-0.25, -0.2) is 4.98 Å². The van der Waals surface area contributed by atoms with Gasteiger partial charge in [-0.15, -0.1) is 0 Å². The van der Waals surface area contributed by atoms with Crippen LogP contribution < -0.4 is 4.90 Å². The van der Waals surface area contributed by atoms with Crippen LogP contribution in [0.4, 0.5) is 5.82 Å². The second kappa shape index (κ2) is 7.07. The molecule has 2 heterocycles. The van der Waals surface area contributed by atoms with Crippen LogP contribution in [0.3, 0.4) is 0 Å². The van der Waals surface area contributed by atoms with Gasteiger partial charge in [-0.3, -0.25) is 0 Å². The van der Waals surface area contributed by atoms with Gasteiger partial charge in [0.15, 0.2) is 0 Å². The molecule has 20 heavy (non-hydrogen) atoms. The molecule has 0 spiro atoms. The van der Waals surface area contributed by atoms with E-state index >= 15 is 0 Å². The minimum Gasteiger partial charge on any atom is -0.392 e. The largest absolute Gasteiger partial charge is 0.392 e. The van der Waals surface area contributed by atoms with E-state index in [2.05, 4.69) is 31.7 Å². The Bertz CT molecular complexity index is 431. The van der Waals surface area contributed by atoms with Gasteiger partial charge in [0.1, 0.15) is 5.82 Å². The maximum atomic E-state index is 9.46. The van der Waals surface area contributed by atoms with Crippen molar-refractivity contribution in [2.24, 2.45) is 5.92 Å². The van der Waals surface area contributed by atoms with Crippen molar-refractivity contribution in [2.45, 2.75) is 59.0 Å². The highest BCUT2D eigenvalue weighted by Gasteiger charge is 2.18. The highest BCUT2D eigenvalue weighted by Crippen LogP contribution is 2.25. The van der Waals surface area contributed by atoms with Crippen LogP contribution in [-0.4, -0.2) is 23.2 Å². The lowest BCUT2D eigenvalue weighted by Gasteiger charge is -2.23. The third-order valence-electron chi connectivity index (χ3n) is 4.41. The number of nitrogens with zero attached hydrogens (tertiary/aromatic N) is 2. The van der Waals surface area contributed by atoms with Gasteiger partial charge in [0.25, 0.3) is 0 Å². The van der Waals surface area contributed by atoms with Crippen LogP contribution in [-0.2, 0) is 6.61 Å². The predicted octanol–water partition coefficient (Wildman–Crippen LogP) is 3.71. The van der Waals surface area contributed by atoms with Crippen molar-refractivity contribution in [3.63, 3.8) is 0 Å². The van der Waals surface area contributed by atoms with E-state index in [4.69, 9.17) is 4.98 Å². The Labute approximate surface area is 123 Å². The zero-order chi connectivity index (χ0) is 14.5.